The number of hydrogen-bond acceptors (Lipinski definition) is 3. The zero-order valence-corrected chi connectivity index (χ0v) is 11.4. The normalized spacial score (nSPS) is 16.1. The monoisotopic (exact) mass is 300 g/mol. The lowest BCUT2D eigenvalue weighted by molar-refractivity contribution is -0.144. The zero-order valence-electron chi connectivity index (χ0n) is 10.6. The van der Waals surface area contributed by atoms with Crippen molar-refractivity contribution in [2.45, 2.75) is 18.9 Å². The van der Waals surface area contributed by atoms with Gasteiger partial charge in [0.25, 0.3) is 0 Å². The number of nitrogens with zero attached hydrogens (tertiary/aromatic N) is 1. The van der Waals surface area contributed by atoms with E-state index in [-0.39, 0.29) is 10.7 Å². The number of amides is 2. The lowest BCUT2D eigenvalue weighted by atomic mass is 10.1. The van der Waals surface area contributed by atoms with E-state index in [2.05, 4.69) is 5.32 Å². The molecule has 0 saturated carbocycles. The van der Waals surface area contributed by atoms with Crippen LogP contribution in [0.25, 0.3) is 0 Å². The van der Waals surface area contributed by atoms with Gasteiger partial charge in [0.2, 0.25) is 0 Å². The van der Waals surface area contributed by atoms with E-state index < -0.39 is 23.7 Å². The summed E-state index contributed by atoms with van der Waals surface area (Å²) in [6.45, 7) is 0.690. The number of nitrogens with one attached hydrogen (secondary N) is 1. The molecule has 0 unspecified atom stereocenters. The van der Waals surface area contributed by atoms with Crippen molar-refractivity contribution in [2.24, 2.45) is 0 Å². The van der Waals surface area contributed by atoms with Gasteiger partial charge in [0.1, 0.15) is 5.82 Å². The molecule has 0 radical (unpaired) electrons. The van der Waals surface area contributed by atoms with Crippen molar-refractivity contribution in [1.82, 2.24) is 4.90 Å². The summed E-state index contributed by atoms with van der Waals surface area (Å²) < 4.78 is 13.0. The largest absolute Gasteiger partial charge is 0.393 e. The third-order valence-corrected chi connectivity index (χ3v) is 3.41. The first kappa shape index (κ1) is 14.7. The van der Waals surface area contributed by atoms with Crippen LogP contribution < -0.4 is 5.32 Å². The van der Waals surface area contributed by atoms with Gasteiger partial charge in [-0.2, -0.15) is 0 Å². The number of rotatable bonds is 1. The molecule has 1 aliphatic heterocycles. The molecular weight excluding hydrogens is 287 g/mol. The first-order valence-electron chi connectivity index (χ1n) is 6.21. The van der Waals surface area contributed by atoms with Gasteiger partial charge >= 0.3 is 11.8 Å². The molecule has 0 atom stereocenters. The highest BCUT2D eigenvalue weighted by Gasteiger charge is 2.26. The van der Waals surface area contributed by atoms with Crippen LogP contribution in [0.2, 0.25) is 5.02 Å². The minimum atomic E-state index is -0.802. The molecule has 0 bridgehead atoms. The number of aliphatic hydroxyl groups is 1. The molecule has 2 rings (SSSR count). The molecule has 2 N–H and O–H groups in total. The number of likely N-dealkylation sites (tertiary alicyclic amines) is 1. The molecule has 0 aromatic heterocycles. The lowest BCUT2D eigenvalue weighted by Crippen LogP contribution is -2.45. The Morgan fingerprint density at radius 1 is 1.35 bits per heavy atom. The second-order valence-corrected chi connectivity index (χ2v) is 5.01. The zero-order chi connectivity index (χ0) is 14.7. The smallest absolute Gasteiger partial charge is 0.313 e. The summed E-state index contributed by atoms with van der Waals surface area (Å²) in [4.78, 5) is 25.1. The van der Waals surface area contributed by atoms with Crippen LogP contribution in [-0.4, -0.2) is 41.0 Å². The highest BCUT2D eigenvalue weighted by Crippen LogP contribution is 2.19. The number of halogens is 2. The molecular formula is C13H14ClFN2O3. The van der Waals surface area contributed by atoms with E-state index in [9.17, 15) is 19.1 Å². The molecule has 1 aromatic rings. The molecule has 0 spiro atoms. The maximum atomic E-state index is 13.0. The van der Waals surface area contributed by atoms with Crippen molar-refractivity contribution < 1.29 is 19.1 Å². The Morgan fingerprint density at radius 3 is 2.60 bits per heavy atom. The van der Waals surface area contributed by atoms with Crippen LogP contribution in [0.15, 0.2) is 18.2 Å². The second-order valence-electron chi connectivity index (χ2n) is 4.61. The maximum absolute atomic E-state index is 13.0. The molecule has 2 amide bonds. The fourth-order valence-electron chi connectivity index (χ4n) is 1.97. The number of anilines is 1. The van der Waals surface area contributed by atoms with E-state index in [1.165, 1.54) is 17.0 Å². The van der Waals surface area contributed by atoms with Gasteiger partial charge in [-0.3, -0.25) is 9.59 Å². The SMILES string of the molecule is O=C(Nc1ccc(F)c(Cl)c1)C(=O)N1CCC(O)CC1. The minimum absolute atomic E-state index is 0.128. The molecule has 20 heavy (non-hydrogen) atoms. The molecule has 7 heteroatoms. The molecule has 1 saturated heterocycles. The van der Waals surface area contributed by atoms with Crippen LogP contribution in [0, 0.1) is 5.82 Å². The average molecular weight is 301 g/mol. The highest BCUT2D eigenvalue weighted by atomic mass is 35.5. The third kappa shape index (κ3) is 3.46. The summed E-state index contributed by atoms with van der Waals surface area (Å²) >= 11 is 5.59. The van der Waals surface area contributed by atoms with Crippen molar-refractivity contribution in [3.8, 4) is 0 Å². The number of hydrogen-bond donors (Lipinski definition) is 2. The van der Waals surface area contributed by atoms with Gasteiger partial charge in [-0.25, -0.2) is 4.39 Å². The fraction of sp³-hybridized carbons (Fsp3) is 0.385. The van der Waals surface area contributed by atoms with Gasteiger partial charge in [0.15, 0.2) is 0 Å². The predicted octanol–water partition coefficient (Wildman–Crippen LogP) is 1.40. The summed E-state index contributed by atoms with van der Waals surface area (Å²) in [5.74, 6) is -2.07. The van der Waals surface area contributed by atoms with Gasteiger partial charge in [-0.1, -0.05) is 11.6 Å². The summed E-state index contributed by atoms with van der Waals surface area (Å²) in [6, 6.07) is 3.67. The Labute approximate surface area is 120 Å². The number of benzene rings is 1. The Morgan fingerprint density at radius 2 is 2.00 bits per heavy atom. The average Bonchev–Trinajstić information content (AvgIpc) is 2.43. The maximum Gasteiger partial charge on any atom is 0.313 e. The van der Waals surface area contributed by atoms with Crippen LogP contribution in [0.3, 0.4) is 0 Å². The predicted molar refractivity (Wildman–Crippen MR) is 71.9 cm³/mol. The van der Waals surface area contributed by atoms with Crippen molar-refractivity contribution in [2.75, 3.05) is 18.4 Å². The number of carbonyl (C=O) groups is 2. The summed E-state index contributed by atoms with van der Waals surface area (Å²) in [5.41, 5.74) is 0.256. The second kappa shape index (κ2) is 6.19. The van der Waals surface area contributed by atoms with Gasteiger partial charge < -0.3 is 15.3 Å². The van der Waals surface area contributed by atoms with Crippen LogP contribution >= 0.6 is 11.6 Å². The number of aliphatic hydroxyl groups excluding tert-OH is 1. The topological polar surface area (TPSA) is 69.6 Å². The fourth-order valence-corrected chi connectivity index (χ4v) is 2.15. The molecule has 1 aliphatic rings. The molecule has 5 nitrogen and oxygen atoms in total. The lowest BCUT2D eigenvalue weighted by Gasteiger charge is -2.28. The van der Waals surface area contributed by atoms with Gasteiger partial charge in [-0.05, 0) is 31.0 Å². The molecule has 1 aromatic carbocycles. The number of piperidine rings is 1. The van der Waals surface area contributed by atoms with E-state index in [1.807, 2.05) is 0 Å². The summed E-state index contributed by atoms with van der Waals surface area (Å²) in [5, 5.41) is 11.6. The van der Waals surface area contributed by atoms with Crippen molar-refractivity contribution in [3.05, 3.63) is 29.0 Å². The van der Waals surface area contributed by atoms with Crippen molar-refractivity contribution >= 4 is 29.1 Å². The van der Waals surface area contributed by atoms with Gasteiger partial charge in [-0.15, -0.1) is 0 Å². The minimum Gasteiger partial charge on any atom is -0.393 e. The highest BCUT2D eigenvalue weighted by molar-refractivity contribution is 6.39. The van der Waals surface area contributed by atoms with E-state index in [4.69, 9.17) is 11.6 Å². The van der Waals surface area contributed by atoms with E-state index in [0.717, 1.165) is 6.07 Å². The van der Waals surface area contributed by atoms with Gasteiger partial charge in [0.05, 0.1) is 11.1 Å². The van der Waals surface area contributed by atoms with Crippen LogP contribution in [0.1, 0.15) is 12.8 Å². The first-order valence-corrected chi connectivity index (χ1v) is 6.58. The van der Waals surface area contributed by atoms with E-state index >= 15 is 0 Å². The van der Waals surface area contributed by atoms with Crippen molar-refractivity contribution in [3.63, 3.8) is 0 Å². The Hall–Kier alpha value is -1.66. The van der Waals surface area contributed by atoms with Crippen molar-refractivity contribution in [1.29, 1.82) is 0 Å². The van der Waals surface area contributed by atoms with E-state index in [1.54, 1.807) is 0 Å². The standard InChI is InChI=1S/C13H14ClFN2O3/c14-10-7-8(1-2-11(10)15)16-12(19)13(20)17-5-3-9(18)4-6-17/h1-2,7,9,18H,3-6H2,(H,16,19). The van der Waals surface area contributed by atoms with Gasteiger partial charge in [0, 0.05) is 18.8 Å². The van der Waals surface area contributed by atoms with Crippen LogP contribution in [-0.2, 0) is 9.59 Å². The Bertz CT molecular complexity index is 530. The molecule has 108 valence electrons. The third-order valence-electron chi connectivity index (χ3n) is 3.12. The Balaban J connectivity index is 1.97. The van der Waals surface area contributed by atoms with Crippen LogP contribution in [0.4, 0.5) is 10.1 Å². The molecule has 1 fully saturated rings. The number of carbonyl (C=O) groups excluding carboxylic acids is 2. The van der Waals surface area contributed by atoms with E-state index in [0.29, 0.717) is 25.9 Å². The quantitative estimate of drug-likeness (QED) is 0.770. The first-order chi connectivity index (χ1) is 9.47. The summed E-state index contributed by atoms with van der Waals surface area (Å²) in [7, 11) is 0. The molecule has 0 aliphatic carbocycles. The summed E-state index contributed by atoms with van der Waals surface area (Å²) in [6.07, 6.45) is 0.501. The molecule has 1 heterocycles. The Kier molecular flexibility index (Phi) is 4.57. The van der Waals surface area contributed by atoms with Crippen LogP contribution in [0.5, 0.6) is 0 Å².